The fourth-order valence-electron chi connectivity index (χ4n) is 1.14. The summed E-state index contributed by atoms with van der Waals surface area (Å²) in [6.07, 6.45) is 7.36. The molecule has 0 aliphatic carbocycles. The number of rotatable bonds is 7. The van der Waals surface area contributed by atoms with Crippen LogP contribution in [-0.4, -0.2) is 16.1 Å². The molecule has 5 heteroatoms. The van der Waals surface area contributed by atoms with Gasteiger partial charge < -0.3 is 1.43 Å². The standard InChI is InChI=1S/C9H19NOS2.Na.H/c1-2-3-4-5-6-7-8-10(13)9(11)12;;/h13H,2-8H2,1H3,(H,11,12);;/q;+1;-1. The molecule has 0 aliphatic rings. The van der Waals surface area contributed by atoms with E-state index in [0.29, 0.717) is 6.54 Å². The summed E-state index contributed by atoms with van der Waals surface area (Å²) in [5, 5.41) is -0.267. The van der Waals surface area contributed by atoms with Gasteiger partial charge in [0.15, 0.2) is 0 Å². The second-order valence-corrected chi connectivity index (χ2v) is 4.04. The van der Waals surface area contributed by atoms with E-state index < -0.39 is 0 Å². The first-order chi connectivity index (χ1) is 6.18. The predicted octanol–water partition coefficient (Wildman–Crippen LogP) is 0.660. The molecular formula is C9H20NNaOS2. The minimum Gasteiger partial charge on any atom is -1.00 e. The molecule has 0 bridgehead atoms. The van der Waals surface area contributed by atoms with Gasteiger partial charge in [-0.15, -0.1) is 0 Å². The van der Waals surface area contributed by atoms with Crippen molar-refractivity contribution >= 4 is 30.7 Å². The summed E-state index contributed by atoms with van der Waals surface area (Å²) in [7, 11) is 0. The molecule has 0 spiro atoms. The summed E-state index contributed by atoms with van der Waals surface area (Å²) in [4.78, 5) is 10.6. The van der Waals surface area contributed by atoms with E-state index in [1.807, 2.05) is 0 Å². The van der Waals surface area contributed by atoms with Gasteiger partial charge in [-0.2, -0.15) is 0 Å². The molecule has 1 amide bonds. The Labute approximate surface area is 122 Å². The Hall–Kier alpha value is 1.17. The number of hydrogen-bond acceptors (Lipinski definition) is 2. The third-order valence-electron chi connectivity index (χ3n) is 1.94. The molecule has 2 nitrogen and oxygen atoms in total. The van der Waals surface area contributed by atoms with Gasteiger partial charge in [-0.25, -0.2) is 0 Å². The first-order valence-electron chi connectivity index (χ1n) is 4.87. The maximum absolute atomic E-state index is 10.6. The number of nitrogens with zero attached hydrogens (tertiary/aromatic N) is 1. The molecule has 0 aromatic rings. The van der Waals surface area contributed by atoms with E-state index >= 15 is 0 Å². The molecule has 0 atom stereocenters. The van der Waals surface area contributed by atoms with Crippen molar-refractivity contribution in [3.05, 3.63) is 0 Å². The fourth-order valence-corrected chi connectivity index (χ4v) is 1.38. The third kappa shape index (κ3) is 11.2. The number of carbonyl (C=O) groups is 1. The monoisotopic (exact) mass is 245 g/mol. The molecule has 0 unspecified atom stereocenters. The Morgan fingerprint density at radius 3 is 2.21 bits per heavy atom. The molecule has 0 N–H and O–H groups in total. The maximum atomic E-state index is 10.6. The summed E-state index contributed by atoms with van der Waals surface area (Å²) in [6.45, 7) is 2.91. The summed E-state index contributed by atoms with van der Waals surface area (Å²) in [5.41, 5.74) is 0. The normalized spacial score (nSPS) is 9.36. The maximum Gasteiger partial charge on any atom is 1.00 e. The summed E-state index contributed by atoms with van der Waals surface area (Å²) >= 11 is 7.64. The zero-order valence-electron chi connectivity index (χ0n) is 10.2. The Morgan fingerprint density at radius 2 is 1.71 bits per heavy atom. The van der Waals surface area contributed by atoms with E-state index in [0.717, 1.165) is 6.42 Å². The van der Waals surface area contributed by atoms with E-state index in [4.69, 9.17) is 0 Å². The van der Waals surface area contributed by atoms with Gasteiger partial charge in [0, 0.05) is 6.54 Å². The minimum atomic E-state index is -0.267. The van der Waals surface area contributed by atoms with Crippen molar-refractivity contribution < 1.29 is 35.8 Å². The molecule has 0 saturated carbocycles. The van der Waals surface area contributed by atoms with Crippen LogP contribution in [0.15, 0.2) is 0 Å². The molecule has 0 saturated heterocycles. The molecule has 0 aromatic heterocycles. The second-order valence-electron chi connectivity index (χ2n) is 3.17. The first-order valence-corrected chi connectivity index (χ1v) is 5.72. The molecule has 14 heavy (non-hydrogen) atoms. The van der Waals surface area contributed by atoms with Crippen LogP contribution in [0.2, 0.25) is 0 Å². The topological polar surface area (TPSA) is 20.3 Å². The molecule has 0 rings (SSSR count). The van der Waals surface area contributed by atoms with Crippen molar-refractivity contribution in [3.8, 4) is 0 Å². The number of thiol groups is 2. The summed E-state index contributed by atoms with van der Waals surface area (Å²) in [6, 6.07) is 0. The van der Waals surface area contributed by atoms with Crippen LogP contribution in [0.3, 0.4) is 0 Å². The van der Waals surface area contributed by atoms with Crippen molar-refractivity contribution in [3.63, 3.8) is 0 Å². The Balaban J connectivity index is -0.000000720. The minimum absolute atomic E-state index is 0. The largest absolute Gasteiger partial charge is 1.00 e. The fraction of sp³-hybridized carbons (Fsp3) is 0.889. The zero-order valence-corrected chi connectivity index (χ0v) is 13.0. The van der Waals surface area contributed by atoms with Crippen LogP contribution in [0, 0.1) is 0 Å². The Morgan fingerprint density at radius 1 is 1.21 bits per heavy atom. The van der Waals surface area contributed by atoms with E-state index in [2.05, 4.69) is 32.4 Å². The van der Waals surface area contributed by atoms with E-state index in [1.54, 1.807) is 0 Å². The number of hydrogen-bond donors (Lipinski definition) is 2. The van der Waals surface area contributed by atoms with Crippen LogP contribution >= 0.6 is 25.4 Å². The van der Waals surface area contributed by atoms with Crippen LogP contribution in [-0.2, 0) is 0 Å². The van der Waals surface area contributed by atoms with Gasteiger partial charge in [-0.1, -0.05) is 64.5 Å². The Kier molecular flexibility index (Phi) is 15.4. The van der Waals surface area contributed by atoms with E-state index in [9.17, 15) is 4.79 Å². The van der Waals surface area contributed by atoms with Gasteiger partial charge in [-0.3, -0.25) is 9.10 Å². The summed E-state index contributed by atoms with van der Waals surface area (Å²) in [5.74, 6) is 0. The SMILES string of the molecule is CCCCCCCCN(S)C(=O)S.[H-].[Na+]. The van der Waals surface area contributed by atoms with E-state index in [-0.39, 0.29) is 36.2 Å². The van der Waals surface area contributed by atoms with Crippen LogP contribution in [0.5, 0.6) is 0 Å². The average Bonchev–Trinajstić information content (AvgIpc) is 2.10. The molecule has 0 radical (unpaired) electrons. The number of unbranched alkanes of at least 4 members (excludes halogenated alkanes) is 5. The average molecular weight is 245 g/mol. The zero-order chi connectivity index (χ0) is 10.1. The van der Waals surface area contributed by atoms with Crippen LogP contribution in [0.4, 0.5) is 4.79 Å². The predicted molar refractivity (Wildman–Crippen MR) is 64.6 cm³/mol. The quantitative estimate of drug-likeness (QED) is 0.384. The van der Waals surface area contributed by atoms with Gasteiger partial charge in [0.2, 0.25) is 0 Å². The van der Waals surface area contributed by atoms with Crippen molar-refractivity contribution in [2.24, 2.45) is 0 Å². The third-order valence-corrected chi connectivity index (χ3v) is 2.73. The number of amides is 1. The van der Waals surface area contributed by atoms with Gasteiger partial charge in [0.25, 0.3) is 5.24 Å². The van der Waals surface area contributed by atoms with Crippen molar-refractivity contribution in [1.82, 2.24) is 4.31 Å². The van der Waals surface area contributed by atoms with Crippen LogP contribution in [0.1, 0.15) is 46.9 Å². The van der Waals surface area contributed by atoms with Crippen molar-refractivity contribution in [1.29, 1.82) is 0 Å². The van der Waals surface area contributed by atoms with E-state index in [1.165, 1.54) is 36.4 Å². The summed E-state index contributed by atoms with van der Waals surface area (Å²) < 4.78 is 1.35. The smallest absolute Gasteiger partial charge is 1.00 e. The molecule has 0 heterocycles. The molecular weight excluding hydrogens is 225 g/mol. The van der Waals surface area contributed by atoms with Crippen molar-refractivity contribution in [2.75, 3.05) is 6.54 Å². The molecule has 0 aliphatic heterocycles. The van der Waals surface area contributed by atoms with Gasteiger partial charge >= 0.3 is 29.6 Å². The van der Waals surface area contributed by atoms with Crippen LogP contribution in [0.25, 0.3) is 0 Å². The van der Waals surface area contributed by atoms with Gasteiger partial charge in [0.05, 0.1) is 0 Å². The first kappa shape index (κ1) is 17.6. The molecule has 80 valence electrons. The second kappa shape index (κ2) is 12.2. The molecule has 0 fully saturated rings. The van der Waals surface area contributed by atoms with Crippen LogP contribution < -0.4 is 29.6 Å². The van der Waals surface area contributed by atoms with Crippen molar-refractivity contribution in [2.45, 2.75) is 45.4 Å². The Bertz CT molecular complexity index is 152. The number of carbonyl (C=O) groups excluding carboxylic acids is 1. The van der Waals surface area contributed by atoms with Gasteiger partial charge in [-0.05, 0) is 6.42 Å². The van der Waals surface area contributed by atoms with Gasteiger partial charge in [0.1, 0.15) is 0 Å². The molecule has 0 aromatic carbocycles.